The van der Waals surface area contributed by atoms with E-state index in [4.69, 9.17) is 40.1 Å². The lowest BCUT2D eigenvalue weighted by Crippen LogP contribution is -2.09. The van der Waals surface area contributed by atoms with Crippen LogP contribution in [0.4, 0.5) is 5.82 Å². The van der Waals surface area contributed by atoms with Gasteiger partial charge in [0, 0.05) is 16.2 Å². The maximum absolute atomic E-state index is 8.94. The lowest BCUT2D eigenvalue weighted by Gasteiger charge is -2.17. The van der Waals surface area contributed by atoms with Gasteiger partial charge in [0.25, 0.3) is 0 Å². The number of nitrogens with one attached hydrogen (secondary N) is 1. The van der Waals surface area contributed by atoms with Crippen molar-refractivity contribution >= 4 is 40.6 Å². The fraction of sp³-hybridized carbons (Fsp3) is 0.143. The van der Waals surface area contributed by atoms with Gasteiger partial charge in [0.1, 0.15) is 16.9 Å². The van der Waals surface area contributed by atoms with E-state index in [2.05, 4.69) is 10.3 Å². The number of benzene rings is 1. The Morgan fingerprint density at radius 2 is 2.00 bits per heavy atom. The van der Waals surface area contributed by atoms with Crippen molar-refractivity contribution in [1.29, 1.82) is 5.26 Å². The Hall–Kier alpha value is -1.47. The molecule has 0 spiro atoms. The predicted molar refractivity (Wildman–Crippen MR) is 82.5 cm³/mol. The zero-order valence-corrected chi connectivity index (χ0v) is 12.8. The maximum atomic E-state index is 8.94. The van der Waals surface area contributed by atoms with E-state index in [0.29, 0.717) is 26.4 Å². The summed E-state index contributed by atoms with van der Waals surface area (Å²) in [6, 6.07) is 8.73. The van der Waals surface area contributed by atoms with Gasteiger partial charge >= 0.3 is 0 Å². The molecule has 1 unspecified atom stereocenters. The molecule has 0 saturated carbocycles. The summed E-state index contributed by atoms with van der Waals surface area (Å²) in [6.07, 6.45) is 1.53. The lowest BCUT2D eigenvalue weighted by atomic mass is 10.1. The molecule has 0 aliphatic rings. The van der Waals surface area contributed by atoms with Gasteiger partial charge in [-0.3, -0.25) is 0 Å². The summed E-state index contributed by atoms with van der Waals surface area (Å²) in [5.41, 5.74) is 1.25. The van der Waals surface area contributed by atoms with E-state index in [1.165, 1.54) is 6.20 Å². The number of pyridine rings is 1. The third kappa shape index (κ3) is 3.16. The maximum Gasteiger partial charge on any atom is 0.146 e. The van der Waals surface area contributed by atoms with Crippen LogP contribution in [0.3, 0.4) is 0 Å². The summed E-state index contributed by atoms with van der Waals surface area (Å²) in [5, 5.41) is 13.5. The quantitative estimate of drug-likeness (QED) is 0.855. The standard InChI is InChI=1S/C14H10Cl3N3/c1-8(11-3-2-10(15)6-12(11)16)20-14-13(17)9(7-18)4-5-19-14/h2-6,8H,1H3,(H,19,20). The van der Waals surface area contributed by atoms with Crippen LogP contribution in [-0.4, -0.2) is 4.98 Å². The van der Waals surface area contributed by atoms with Crippen LogP contribution in [0, 0.1) is 11.3 Å². The largest absolute Gasteiger partial charge is 0.362 e. The Bertz CT molecular complexity index is 680. The summed E-state index contributed by atoms with van der Waals surface area (Å²) < 4.78 is 0. The van der Waals surface area contributed by atoms with Crippen molar-refractivity contribution in [3.05, 3.63) is 56.7 Å². The second-order valence-electron chi connectivity index (χ2n) is 4.16. The van der Waals surface area contributed by atoms with Crippen molar-refractivity contribution < 1.29 is 0 Å². The first-order chi connectivity index (χ1) is 9.52. The van der Waals surface area contributed by atoms with Gasteiger partial charge in [-0.2, -0.15) is 5.26 Å². The van der Waals surface area contributed by atoms with Crippen molar-refractivity contribution in [1.82, 2.24) is 4.98 Å². The minimum atomic E-state index is -0.126. The molecule has 1 atom stereocenters. The van der Waals surface area contributed by atoms with Crippen molar-refractivity contribution in [3.63, 3.8) is 0 Å². The molecular formula is C14H10Cl3N3. The molecule has 3 nitrogen and oxygen atoms in total. The molecule has 0 aliphatic carbocycles. The molecule has 0 aliphatic heterocycles. The number of nitrogens with zero attached hydrogens (tertiary/aromatic N) is 2. The number of nitriles is 1. The molecule has 102 valence electrons. The van der Waals surface area contributed by atoms with Gasteiger partial charge in [0.05, 0.1) is 11.6 Å². The highest BCUT2D eigenvalue weighted by atomic mass is 35.5. The van der Waals surface area contributed by atoms with Gasteiger partial charge in [-0.05, 0) is 30.7 Å². The minimum absolute atomic E-state index is 0.126. The Morgan fingerprint density at radius 3 is 2.65 bits per heavy atom. The van der Waals surface area contributed by atoms with Crippen molar-refractivity contribution in [2.75, 3.05) is 5.32 Å². The lowest BCUT2D eigenvalue weighted by molar-refractivity contribution is 0.875. The smallest absolute Gasteiger partial charge is 0.146 e. The number of halogens is 3. The zero-order chi connectivity index (χ0) is 14.7. The molecule has 2 aromatic rings. The predicted octanol–water partition coefficient (Wildman–Crippen LogP) is 5.09. The molecule has 0 fully saturated rings. The minimum Gasteiger partial charge on any atom is -0.362 e. The fourth-order valence-electron chi connectivity index (χ4n) is 1.77. The Morgan fingerprint density at radius 1 is 1.25 bits per heavy atom. The highest BCUT2D eigenvalue weighted by molar-refractivity contribution is 6.35. The van der Waals surface area contributed by atoms with Crippen LogP contribution in [-0.2, 0) is 0 Å². The third-order valence-electron chi connectivity index (χ3n) is 2.79. The molecule has 6 heteroatoms. The number of anilines is 1. The van der Waals surface area contributed by atoms with Crippen LogP contribution in [0.15, 0.2) is 30.5 Å². The van der Waals surface area contributed by atoms with Crippen molar-refractivity contribution in [2.24, 2.45) is 0 Å². The summed E-state index contributed by atoms with van der Waals surface area (Å²) in [4.78, 5) is 4.14. The van der Waals surface area contributed by atoms with E-state index in [1.54, 1.807) is 18.2 Å². The molecular weight excluding hydrogens is 317 g/mol. The molecule has 1 aromatic carbocycles. The van der Waals surface area contributed by atoms with Crippen LogP contribution in [0.1, 0.15) is 24.1 Å². The molecule has 1 aromatic heterocycles. The first kappa shape index (κ1) is 14.9. The van der Waals surface area contributed by atoms with Gasteiger partial charge in [-0.25, -0.2) is 4.98 Å². The fourth-order valence-corrected chi connectivity index (χ4v) is 2.55. The molecule has 2 rings (SSSR count). The Labute approximate surface area is 132 Å². The van der Waals surface area contributed by atoms with E-state index < -0.39 is 0 Å². The van der Waals surface area contributed by atoms with Gasteiger partial charge < -0.3 is 5.32 Å². The van der Waals surface area contributed by atoms with E-state index in [-0.39, 0.29) is 6.04 Å². The first-order valence-corrected chi connectivity index (χ1v) is 6.92. The SMILES string of the molecule is CC(Nc1nccc(C#N)c1Cl)c1ccc(Cl)cc1Cl. The van der Waals surface area contributed by atoms with Crippen LogP contribution < -0.4 is 5.32 Å². The summed E-state index contributed by atoms with van der Waals surface area (Å²) >= 11 is 18.1. The number of aromatic nitrogens is 1. The van der Waals surface area contributed by atoms with E-state index in [9.17, 15) is 0 Å². The monoisotopic (exact) mass is 325 g/mol. The van der Waals surface area contributed by atoms with E-state index in [0.717, 1.165) is 5.56 Å². The van der Waals surface area contributed by atoms with Crippen molar-refractivity contribution in [3.8, 4) is 6.07 Å². The highest BCUT2D eigenvalue weighted by Gasteiger charge is 2.14. The molecule has 0 bridgehead atoms. The summed E-state index contributed by atoms with van der Waals surface area (Å²) in [7, 11) is 0. The molecule has 20 heavy (non-hydrogen) atoms. The van der Waals surface area contributed by atoms with Crippen LogP contribution in [0.25, 0.3) is 0 Å². The summed E-state index contributed by atoms with van der Waals surface area (Å²) in [5.74, 6) is 0.448. The van der Waals surface area contributed by atoms with Crippen LogP contribution in [0.2, 0.25) is 15.1 Å². The number of hydrogen-bond donors (Lipinski definition) is 1. The highest BCUT2D eigenvalue weighted by Crippen LogP contribution is 2.30. The van der Waals surface area contributed by atoms with Crippen molar-refractivity contribution in [2.45, 2.75) is 13.0 Å². The zero-order valence-electron chi connectivity index (χ0n) is 10.5. The van der Waals surface area contributed by atoms with Crippen LogP contribution in [0.5, 0.6) is 0 Å². The first-order valence-electron chi connectivity index (χ1n) is 5.79. The number of rotatable bonds is 3. The van der Waals surface area contributed by atoms with Gasteiger partial charge in [0.2, 0.25) is 0 Å². The molecule has 0 amide bonds. The third-order valence-corrected chi connectivity index (χ3v) is 3.74. The molecule has 1 heterocycles. The molecule has 1 N–H and O–H groups in total. The average Bonchev–Trinajstić information content (AvgIpc) is 2.41. The second-order valence-corrected chi connectivity index (χ2v) is 5.39. The van der Waals surface area contributed by atoms with Crippen LogP contribution >= 0.6 is 34.8 Å². The normalized spacial score (nSPS) is 11.8. The molecule has 0 radical (unpaired) electrons. The van der Waals surface area contributed by atoms with Gasteiger partial charge in [0.15, 0.2) is 0 Å². The van der Waals surface area contributed by atoms with E-state index >= 15 is 0 Å². The van der Waals surface area contributed by atoms with Gasteiger partial charge in [-0.1, -0.05) is 40.9 Å². The van der Waals surface area contributed by atoms with Gasteiger partial charge in [-0.15, -0.1) is 0 Å². The average molecular weight is 327 g/mol. The number of hydrogen-bond acceptors (Lipinski definition) is 3. The summed E-state index contributed by atoms with van der Waals surface area (Å²) in [6.45, 7) is 1.92. The second kappa shape index (κ2) is 6.32. The topological polar surface area (TPSA) is 48.7 Å². The Kier molecular flexibility index (Phi) is 4.72. The van der Waals surface area contributed by atoms with E-state index in [1.807, 2.05) is 19.1 Å². The Balaban J connectivity index is 2.28. The molecule has 0 saturated heterocycles.